The zero-order chi connectivity index (χ0) is 22.7. The fourth-order valence-electron chi connectivity index (χ4n) is 3.41. The number of aromatic nitrogens is 2. The van der Waals surface area contributed by atoms with Crippen molar-refractivity contribution < 1.29 is 14.3 Å². The molecule has 1 aromatic heterocycles. The maximum absolute atomic E-state index is 11.7. The molecule has 0 amide bonds. The maximum atomic E-state index is 11.7. The van der Waals surface area contributed by atoms with E-state index >= 15 is 0 Å². The van der Waals surface area contributed by atoms with Crippen LogP contribution in [0.2, 0.25) is 10.0 Å². The number of carbonyl (C=O) groups excluding carboxylic acids is 1. The molecule has 0 aliphatic carbocycles. The van der Waals surface area contributed by atoms with Crippen molar-refractivity contribution >= 4 is 29.2 Å². The molecule has 0 unspecified atom stereocenters. The Morgan fingerprint density at radius 3 is 2.12 bits per heavy atom. The lowest BCUT2D eigenvalue weighted by Gasteiger charge is -2.09. The predicted octanol–water partition coefficient (Wildman–Crippen LogP) is 6.37. The Balaban J connectivity index is 1.74. The molecule has 0 saturated carbocycles. The Bertz CT molecular complexity index is 1230. The van der Waals surface area contributed by atoms with Gasteiger partial charge in [0.15, 0.2) is 0 Å². The highest BCUT2D eigenvalue weighted by molar-refractivity contribution is 6.35. The molecule has 5 nitrogen and oxygen atoms in total. The lowest BCUT2D eigenvalue weighted by molar-refractivity contribution is 0.0600. The van der Waals surface area contributed by atoms with Gasteiger partial charge in [-0.25, -0.2) is 4.79 Å². The van der Waals surface area contributed by atoms with Gasteiger partial charge in [0.1, 0.15) is 5.75 Å². The number of carbonyl (C=O) groups is 1. The van der Waals surface area contributed by atoms with E-state index in [0.717, 1.165) is 33.8 Å². The predicted molar refractivity (Wildman–Crippen MR) is 127 cm³/mol. The Morgan fingerprint density at radius 2 is 1.53 bits per heavy atom. The van der Waals surface area contributed by atoms with Gasteiger partial charge < -0.3 is 9.47 Å². The molecule has 0 saturated heterocycles. The van der Waals surface area contributed by atoms with Gasteiger partial charge in [0.05, 0.1) is 37.7 Å². The van der Waals surface area contributed by atoms with Crippen LogP contribution in [-0.2, 0) is 11.3 Å². The van der Waals surface area contributed by atoms with Crippen molar-refractivity contribution in [2.75, 3.05) is 14.2 Å². The number of hydrogen-bond acceptors (Lipinski definition) is 4. The van der Waals surface area contributed by atoms with E-state index in [0.29, 0.717) is 22.2 Å². The van der Waals surface area contributed by atoms with E-state index in [-0.39, 0.29) is 5.97 Å². The summed E-state index contributed by atoms with van der Waals surface area (Å²) in [5.41, 5.74) is 5.00. The van der Waals surface area contributed by atoms with Gasteiger partial charge in [0, 0.05) is 21.2 Å². The number of ether oxygens (including phenoxy) is 2. The van der Waals surface area contributed by atoms with Crippen LogP contribution in [0.15, 0.2) is 72.8 Å². The van der Waals surface area contributed by atoms with Crippen LogP contribution in [0, 0.1) is 0 Å². The normalized spacial score (nSPS) is 10.8. The third kappa shape index (κ3) is 4.79. The number of esters is 1. The second-order valence-electron chi connectivity index (χ2n) is 7.15. The summed E-state index contributed by atoms with van der Waals surface area (Å²) in [4.78, 5) is 11.7. The van der Waals surface area contributed by atoms with Crippen molar-refractivity contribution in [2.45, 2.75) is 6.54 Å². The van der Waals surface area contributed by atoms with Crippen molar-refractivity contribution in [3.8, 4) is 28.3 Å². The Hall–Kier alpha value is -3.28. The minimum Gasteiger partial charge on any atom is -0.497 e. The van der Waals surface area contributed by atoms with Gasteiger partial charge in [0.2, 0.25) is 0 Å². The molecule has 4 aromatic rings. The Kier molecular flexibility index (Phi) is 6.49. The third-order valence-electron chi connectivity index (χ3n) is 5.03. The molecular weight excluding hydrogens is 447 g/mol. The summed E-state index contributed by atoms with van der Waals surface area (Å²) in [5, 5.41) is 5.92. The minimum absolute atomic E-state index is 0.366. The lowest BCUT2D eigenvalue weighted by Crippen LogP contribution is -2.05. The van der Waals surface area contributed by atoms with Gasteiger partial charge in [-0.05, 0) is 66.2 Å². The molecule has 3 aromatic carbocycles. The second kappa shape index (κ2) is 9.47. The molecule has 0 atom stereocenters. The van der Waals surface area contributed by atoms with E-state index < -0.39 is 0 Å². The van der Waals surface area contributed by atoms with E-state index in [1.165, 1.54) is 7.11 Å². The fourth-order valence-corrected chi connectivity index (χ4v) is 3.94. The van der Waals surface area contributed by atoms with Crippen LogP contribution < -0.4 is 4.74 Å². The van der Waals surface area contributed by atoms with Gasteiger partial charge in [0.25, 0.3) is 0 Å². The molecule has 0 aliphatic rings. The SMILES string of the molecule is COC(=O)c1ccc(Cn2nc(-c3cc(Cl)cc(Cl)c3)cc2-c2ccc(OC)cc2)cc1. The molecule has 0 aliphatic heterocycles. The van der Waals surface area contributed by atoms with E-state index in [1.807, 2.05) is 59.3 Å². The summed E-state index contributed by atoms with van der Waals surface area (Å²) >= 11 is 12.4. The fraction of sp³-hybridized carbons (Fsp3) is 0.120. The molecule has 4 rings (SSSR count). The van der Waals surface area contributed by atoms with Crippen molar-refractivity contribution in [3.63, 3.8) is 0 Å². The highest BCUT2D eigenvalue weighted by atomic mass is 35.5. The Labute approximate surface area is 196 Å². The van der Waals surface area contributed by atoms with Gasteiger partial charge >= 0.3 is 5.97 Å². The van der Waals surface area contributed by atoms with Crippen molar-refractivity contribution in [1.82, 2.24) is 9.78 Å². The first-order valence-electron chi connectivity index (χ1n) is 9.83. The number of halogens is 2. The molecule has 7 heteroatoms. The van der Waals surface area contributed by atoms with E-state index in [1.54, 1.807) is 25.3 Å². The van der Waals surface area contributed by atoms with Gasteiger partial charge in [-0.3, -0.25) is 4.68 Å². The van der Waals surface area contributed by atoms with Crippen molar-refractivity contribution in [2.24, 2.45) is 0 Å². The molecule has 162 valence electrons. The lowest BCUT2D eigenvalue weighted by atomic mass is 10.1. The standard InChI is InChI=1S/C25H20Cl2N2O3/c1-31-22-9-7-17(8-10-22)24-14-23(19-11-20(26)13-21(27)12-19)28-29(24)15-16-3-5-18(6-4-16)25(30)32-2/h3-14H,15H2,1-2H3. The van der Waals surface area contributed by atoms with E-state index in [9.17, 15) is 4.79 Å². The molecule has 0 bridgehead atoms. The molecule has 0 spiro atoms. The first-order valence-corrected chi connectivity index (χ1v) is 10.6. The molecule has 0 fully saturated rings. The van der Waals surface area contributed by atoms with Crippen LogP contribution in [0.4, 0.5) is 0 Å². The van der Waals surface area contributed by atoms with E-state index in [4.69, 9.17) is 37.8 Å². The first kappa shape index (κ1) is 21.9. The number of methoxy groups -OCH3 is 2. The molecule has 0 radical (unpaired) electrons. The average Bonchev–Trinajstić information content (AvgIpc) is 3.22. The van der Waals surface area contributed by atoms with Gasteiger partial charge in [-0.2, -0.15) is 5.10 Å². The first-order chi connectivity index (χ1) is 15.5. The highest BCUT2D eigenvalue weighted by Gasteiger charge is 2.14. The van der Waals surface area contributed by atoms with Crippen molar-refractivity contribution in [3.05, 3.63) is 94.0 Å². The van der Waals surface area contributed by atoms with Crippen LogP contribution in [0.3, 0.4) is 0 Å². The van der Waals surface area contributed by atoms with Crippen molar-refractivity contribution in [1.29, 1.82) is 0 Å². The van der Waals surface area contributed by atoms with Crippen LogP contribution in [0.1, 0.15) is 15.9 Å². The maximum Gasteiger partial charge on any atom is 0.337 e. The largest absolute Gasteiger partial charge is 0.497 e. The molecule has 1 heterocycles. The van der Waals surface area contributed by atoms with Crippen LogP contribution >= 0.6 is 23.2 Å². The highest BCUT2D eigenvalue weighted by Crippen LogP contribution is 2.31. The summed E-state index contributed by atoms with van der Waals surface area (Å²) in [7, 11) is 3.00. The Morgan fingerprint density at radius 1 is 0.875 bits per heavy atom. The number of benzene rings is 3. The summed E-state index contributed by atoms with van der Waals surface area (Å²) in [5.74, 6) is 0.412. The smallest absolute Gasteiger partial charge is 0.337 e. The number of hydrogen-bond donors (Lipinski definition) is 0. The van der Waals surface area contributed by atoms with E-state index in [2.05, 4.69) is 0 Å². The molecule has 0 N–H and O–H groups in total. The summed E-state index contributed by atoms with van der Waals surface area (Å²) < 4.78 is 12.0. The number of nitrogens with zero attached hydrogens (tertiary/aromatic N) is 2. The summed E-state index contributed by atoms with van der Waals surface area (Å²) in [6, 6.07) is 22.4. The average molecular weight is 467 g/mol. The zero-order valence-electron chi connectivity index (χ0n) is 17.5. The van der Waals surface area contributed by atoms with Gasteiger partial charge in [-0.1, -0.05) is 35.3 Å². The number of rotatable bonds is 6. The summed E-state index contributed by atoms with van der Waals surface area (Å²) in [6.07, 6.45) is 0. The second-order valence-corrected chi connectivity index (χ2v) is 8.02. The topological polar surface area (TPSA) is 53.4 Å². The molecular formula is C25H20Cl2N2O3. The van der Waals surface area contributed by atoms with Gasteiger partial charge in [-0.15, -0.1) is 0 Å². The quantitative estimate of drug-likeness (QED) is 0.310. The molecule has 32 heavy (non-hydrogen) atoms. The summed E-state index contributed by atoms with van der Waals surface area (Å²) in [6.45, 7) is 0.511. The minimum atomic E-state index is -0.366. The van der Waals surface area contributed by atoms with Crippen LogP contribution in [-0.4, -0.2) is 30.0 Å². The van der Waals surface area contributed by atoms with Crippen LogP contribution in [0.25, 0.3) is 22.5 Å². The third-order valence-corrected chi connectivity index (χ3v) is 5.47. The zero-order valence-corrected chi connectivity index (χ0v) is 19.0. The monoisotopic (exact) mass is 466 g/mol. The van der Waals surface area contributed by atoms with Crippen LogP contribution in [0.5, 0.6) is 5.75 Å².